The number of amides is 1. The van der Waals surface area contributed by atoms with Crippen molar-refractivity contribution < 1.29 is 23.1 Å². The molecule has 2 aromatic rings. The van der Waals surface area contributed by atoms with Crippen LogP contribution in [0.5, 0.6) is 0 Å². The van der Waals surface area contributed by atoms with Gasteiger partial charge in [-0.25, -0.2) is 8.78 Å². The van der Waals surface area contributed by atoms with Crippen molar-refractivity contribution in [3.05, 3.63) is 58.6 Å². The molecular formula is C18H16ClF2NO3S. The van der Waals surface area contributed by atoms with E-state index in [9.17, 15) is 18.4 Å². The van der Waals surface area contributed by atoms with Crippen molar-refractivity contribution in [1.29, 1.82) is 0 Å². The van der Waals surface area contributed by atoms with Gasteiger partial charge in [0.15, 0.2) is 6.10 Å². The Hall–Kier alpha value is -2.12. The number of rotatable bonds is 6. The summed E-state index contributed by atoms with van der Waals surface area (Å²) in [6, 6.07) is 8.01. The third kappa shape index (κ3) is 5.44. The summed E-state index contributed by atoms with van der Waals surface area (Å²) < 4.78 is 31.6. The van der Waals surface area contributed by atoms with Crippen LogP contribution < -0.4 is 5.32 Å². The SMILES string of the molecule is Cc1c(Cl)cccc1NC(=O)[C@@H](C)OC(=O)CSc1cc(F)ccc1F. The maximum atomic E-state index is 13.5. The molecule has 1 atom stereocenters. The molecule has 1 N–H and O–H groups in total. The van der Waals surface area contributed by atoms with Crippen LogP contribution in [0, 0.1) is 18.6 Å². The van der Waals surface area contributed by atoms with Crippen LogP contribution in [0.1, 0.15) is 12.5 Å². The van der Waals surface area contributed by atoms with E-state index < -0.39 is 29.6 Å². The molecular weight excluding hydrogens is 384 g/mol. The Balaban J connectivity index is 1.89. The molecule has 2 rings (SSSR count). The number of carbonyl (C=O) groups excluding carboxylic acids is 2. The Bertz CT molecular complexity index is 832. The molecule has 0 radical (unpaired) electrons. The van der Waals surface area contributed by atoms with E-state index in [0.717, 1.165) is 30.0 Å². The summed E-state index contributed by atoms with van der Waals surface area (Å²) in [5.74, 6) is -2.73. The second-order valence-electron chi connectivity index (χ2n) is 5.40. The lowest BCUT2D eigenvalue weighted by Crippen LogP contribution is -2.30. The van der Waals surface area contributed by atoms with E-state index in [0.29, 0.717) is 16.3 Å². The first-order valence-corrected chi connectivity index (χ1v) is 8.97. The van der Waals surface area contributed by atoms with Crippen molar-refractivity contribution in [3.8, 4) is 0 Å². The fraction of sp³-hybridized carbons (Fsp3) is 0.222. The molecule has 4 nitrogen and oxygen atoms in total. The highest BCUT2D eigenvalue weighted by molar-refractivity contribution is 8.00. The van der Waals surface area contributed by atoms with Crippen LogP contribution in [-0.2, 0) is 14.3 Å². The molecule has 0 saturated heterocycles. The number of esters is 1. The second-order valence-corrected chi connectivity index (χ2v) is 6.82. The van der Waals surface area contributed by atoms with Crippen molar-refractivity contribution in [2.24, 2.45) is 0 Å². The van der Waals surface area contributed by atoms with Crippen LogP contribution in [0.3, 0.4) is 0 Å². The molecule has 0 fully saturated rings. The summed E-state index contributed by atoms with van der Waals surface area (Å²) in [6.45, 7) is 3.17. The van der Waals surface area contributed by atoms with Crippen molar-refractivity contribution in [3.63, 3.8) is 0 Å². The normalized spacial score (nSPS) is 11.7. The van der Waals surface area contributed by atoms with Gasteiger partial charge in [0.1, 0.15) is 11.6 Å². The zero-order valence-electron chi connectivity index (χ0n) is 14.0. The number of thioether (sulfide) groups is 1. The largest absolute Gasteiger partial charge is 0.452 e. The molecule has 138 valence electrons. The highest BCUT2D eigenvalue weighted by atomic mass is 35.5. The number of carbonyl (C=O) groups is 2. The van der Waals surface area contributed by atoms with Gasteiger partial charge in [-0.15, -0.1) is 11.8 Å². The van der Waals surface area contributed by atoms with Crippen LogP contribution >= 0.6 is 23.4 Å². The molecule has 8 heteroatoms. The van der Waals surface area contributed by atoms with E-state index >= 15 is 0 Å². The number of anilines is 1. The Morgan fingerprint density at radius 3 is 2.73 bits per heavy atom. The highest BCUT2D eigenvalue weighted by Gasteiger charge is 2.19. The van der Waals surface area contributed by atoms with E-state index in [4.69, 9.17) is 16.3 Å². The van der Waals surface area contributed by atoms with Gasteiger partial charge >= 0.3 is 5.97 Å². The predicted molar refractivity (Wildman–Crippen MR) is 97.5 cm³/mol. The summed E-state index contributed by atoms with van der Waals surface area (Å²) >= 11 is 6.78. The van der Waals surface area contributed by atoms with Gasteiger partial charge in [-0.3, -0.25) is 9.59 Å². The zero-order valence-corrected chi connectivity index (χ0v) is 15.6. The van der Waals surface area contributed by atoms with Crippen LogP contribution in [0.15, 0.2) is 41.3 Å². The van der Waals surface area contributed by atoms with Gasteiger partial charge in [-0.2, -0.15) is 0 Å². The minimum atomic E-state index is -1.06. The van der Waals surface area contributed by atoms with Crippen molar-refractivity contribution in [2.45, 2.75) is 24.8 Å². The molecule has 0 heterocycles. The molecule has 0 aromatic heterocycles. The number of benzene rings is 2. The van der Waals surface area contributed by atoms with Gasteiger partial charge in [0.05, 0.1) is 5.75 Å². The average molecular weight is 400 g/mol. The minimum Gasteiger partial charge on any atom is -0.452 e. The lowest BCUT2D eigenvalue weighted by Gasteiger charge is -2.15. The van der Waals surface area contributed by atoms with Gasteiger partial charge in [0, 0.05) is 15.6 Å². The molecule has 0 bridgehead atoms. The van der Waals surface area contributed by atoms with E-state index in [1.807, 2.05) is 0 Å². The summed E-state index contributed by atoms with van der Waals surface area (Å²) in [5, 5.41) is 3.13. The number of ether oxygens (including phenoxy) is 1. The molecule has 0 aliphatic heterocycles. The number of hydrogen-bond donors (Lipinski definition) is 1. The average Bonchev–Trinajstić information content (AvgIpc) is 2.59. The molecule has 26 heavy (non-hydrogen) atoms. The van der Waals surface area contributed by atoms with Crippen molar-refractivity contribution in [2.75, 3.05) is 11.1 Å². The third-order valence-electron chi connectivity index (χ3n) is 3.44. The smallest absolute Gasteiger partial charge is 0.317 e. The van der Waals surface area contributed by atoms with Crippen LogP contribution in [-0.4, -0.2) is 23.7 Å². The fourth-order valence-electron chi connectivity index (χ4n) is 1.99. The molecule has 0 aliphatic carbocycles. The van der Waals surface area contributed by atoms with Gasteiger partial charge in [-0.1, -0.05) is 17.7 Å². The molecule has 0 unspecified atom stereocenters. The van der Waals surface area contributed by atoms with Crippen LogP contribution in [0.2, 0.25) is 5.02 Å². The standard InChI is InChI=1S/C18H16ClF2NO3S/c1-10-13(19)4-3-5-15(10)22-18(24)11(2)25-17(23)9-26-16-8-12(20)6-7-14(16)21/h3-8,11H,9H2,1-2H3,(H,22,24)/t11-/m1/s1. The Morgan fingerprint density at radius 2 is 2.00 bits per heavy atom. The first-order chi connectivity index (χ1) is 12.3. The van der Waals surface area contributed by atoms with Gasteiger partial charge < -0.3 is 10.1 Å². The molecule has 0 aliphatic rings. The Kier molecular flexibility index (Phi) is 6.99. The van der Waals surface area contributed by atoms with E-state index in [1.54, 1.807) is 25.1 Å². The number of nitrogens with one attached hydrogen (secondary N) is 1. The zero-order chi connectivity index (χ0) is 19.3. The van der Waals surface area contributed by atoms with E-state index in [-0.39, 0.29) is 10.6 Å². The maximum absolute atomic E-state index is 13.5. The van der Waals surface area contributed by atoms with E-state index in [2.05, 4.69) is 5.32 Å². The molecule has 0 spiro atoms. The third-order valence-corrected chi connectivity index (χ3v) is 4.86. The van der Waals surface area contributed by atoms with E-state index in [1.165, 1.54) is 6.92 Å². The van der Waals surface area contributed by atoms with Crippen molar-refractivity contribution in [1.82, 2.24) is 0 Å². The van der Waals surface area contributed by atoms with Gasteiger partial charge in [0.2, 0.25) is 0 Å². The Morgan fingerprint density at radius 1 is 1.27 bits per heavy atom. The second kappa shape index (κ2) is 9.00. The van der Waals surface area contributed by atoms with Crippen LogP contribution in [0.25, 0.3) is 0 Å². The molecule has 0 saturated carbocycles. The first-order valence-electron chi connectivity index (χ1n) is 7.61. The lowest BCUT2D eigenvalue weighted by molar-refractivity contribution is -0.150. The number of halogens is 3. The summed E-state index contributed by atoms with van der Waals surface area (Å²) in [6.07, 6.45) is -1.06. The van der Waals surface area contributed by atoms with Gasteiger partial charge in [-0.05, 0) is 49.7 Å². The molecule has 1 amide bonds. The minimum absolute atomic E-state index is 0.00592. The number of hydrogen-bond acceptors (Lipinski definition) is 4. The summed E-state index contributed by atoms with van der Waals surface area (Å²) in [4.78, 5) is 24.0. The lowest BCUT2D eigenvalue weighted by atomic mass is 10.2. The Labute approximate surface area is 158 Å². The predicted octanol–water partition coefficient (Wildman–Crippen LogP) is 4.59. The first kappa shape index (κ1) is 20.2. The fourth-order valence-corrected chi connectivity index (χ4v) is 2.90. The quantitative estimate of drug-likeness (QED) is 0.570. The summed E-state index contributed by atoms with van der Waals surface area (Å²) in [7, 11) is 0. The van der Waals surface area contributed by atoms with Gasteiger partial charge in [0.25, 0.3) is 5.91 Å². The van der Waals surface area contributed by atoms with Crippen molar-refractivity contribution >= 4 is 40.9 Å². The molecule has 2 aromatic carbocycles. The maximum Gasteiger partial charge on any atom is 0.317 e. The van der Waals surface area contributed by atoms with Crippen LogP contribution in [0.4, 0.5) is 14.5 Å². The topological polar surface area (TPSA) is 55.4 Å². The highest BCUT2D eigenvalue weighted by Crippen LogP contribution is 2.24. The monoisotopic (exact) mass is 399 g/mol. The summed E-state index contributed by atoms with van der Waals surface area (Å²) in [5.41, 5.74) is 1.21.